The van der Waals surface area contributed by atoms with E-state index in [1.807, 2.05) is 11.0 Å². The highest BCUT2D eigenvalue weighted by molar-refractivity contribution is 7.90. The molecule has 1 saturated carbocycles. The Hall–Kier alpha value is -3.61. The molecule has 3 aliphatic heterocycles. The Bertz CT molecular complexity index is 1920. The second-order valence-corrected chi connectivity index (χ2v) is 17.1. The number of anilines is 1. The number of sulfonamides is 1. The number of nitrogens with one attached hydrogen (secondary N) is 1. The molecule has 2 fully saturated rings. The standard InChI is InChI=1S/C37H44ClN5O6S/c1-24-10-13-41(14-11-24)36(45)20-43-29-16-28(39-43)17-35(44)40-50(46,47)30-6-9-34-32(18-30)42(19-26-4-8-33(26)48-21-29)22-37(23-49-34)12-2-3-25-15-27(38)5-7-31(25)37/h5-7,9,15-16,18,24,26,33H,2-4,8,10-14,17,19-23H2,1H3,(H,40,44)/t26-,33+,37-/m0/s1. The predicted molar refractivity (Wildman–Crippen MR) is 188 cm³/mol. The maximum Gasteiger partial charge on any atom is 0.264 e. The quantitative estimate of drug-likeness (QED) is 0.407. The van der Waals surface area contributed by atoms with Crippen LogP contribution in [0.5, 0.6) is 5.75 Å². The normalized spacial score (nSPS) is 26.6. The number of fused-ring (bicyclic) bond motifs is 6. The van der Waals surface area contributed by atoms with Gasteiger partial charge in [0.1, 0.15) is 12.3 Å². The van der Waals surface area contributed by atoms with Crippen LogP contribution in [0.3, 0.4) is 0 Å². The summed E-state index contributed by atoms with van der Waals surface area (Å²) in [7, 11) is -4.21. The predicted octanol–water partition coefficient (Wildman–Crippen LogP) is 4.62. The summed E-state index contributed by atoms with van der Waals surface area (Å²) in [5.74, 6) is 0.689. The van der Waals surface area contributed by atoms with Gasteiger partial charge in [0, 0.05) is 42.5 Å². The van der Waals surface area contributed by atoms with Gasteiger partial charge in [-0.1, -0.05) is 24.6 Å². The van der Waals surface area contributed by atoms with Crippen molar-refractivity contribution in [2.24, 2.45) is 11.8 Å². The van der Waals surface area contributed by atoms with Crippen LogP contribution in [0.25, 0.3) is 0 Å². The van der Waals surface area contributed by atoms with Crippen LogP contribution in [0.15, 0.2) is 47.4 Å². The van der Waals surface area contributed by atoms with Crippen LogP contribution in [0.4, 0.5) is 5.69 Å². The number of carbonyl (C=O) groups excluding carboxylic acids is 2. The molecule has 3 atom stereocenters. The number of rotatable bonds is 2. The summed E-state index contributed by atoms with van der Waals surface area (Å²) in [5, 5.41) is 5.32. The van der Waals surface area contributed by atoms with Crippen molar-refractivity contribution < 1.29 is 27.5 Å². The topological polar surface area (TPSA) is 123 Å². The van der Waals surface area contributed by atoms with Gasteiger partial charge in [-0.2, -0.15) is 5.10 Å². The largest absolute Gasteiger partial charge is 0.490 e. The smallest absolute Gasteiger partial charge is 0.264 e. The fraction of sp³-hybridized carbons (Fsp3) is 0.541. The Morgan fingerprint density at radius 1 is 1.10 bits per heavy atom. The number of carbonyl (C=O) groups is 2. The van der Waals surface area contributed by atoms with Crippen LogP contribution in [0.1, 0.15) is 68.0 Å². The first kappa shape index (κ1) is 33.5. The molecule has 50 heavy (non-hydrogen) atoms. The van der Waals surface area contributed by atoms with Crippen LogP contribution in [-0.2, 0) is 55.8 Å². The fourth-order valence-corrected chi connectivity index (χ4v) is 9.65. The van der Waals surface area contributed by atoms with Crippen LogP contribution >= 0.6 is 11.6 Å². The van der Waals surface area contributed by atoms with Crippen molar-refractivity contribution in [1.29, 1.82) is 0 Å². The third-order valence-electron chi connectivity index (χ3n) is 11.5. The molecule has 2 aliphatic carbocycles. The summed E-state index contributed by atoms with van der Waals surface area (Å²) in [6.45, 7) is 5.66. The number of piperidine rings is 1. The summed E-state index contributed by atoms with van der Waals surface area (Å²) in [6.07, 6.45) is 6.41. The molecule has 8 rings (SSSR count). The van der Waals surface area contributed by atoms with Crippen molar-refractivity contribution in [2.45, 2.75) is 87.9 Å². The molecule has 3 aromatic rings. The van der Waals surface area contributed by atoms with Crippen LogP contribution in [0, 0.1) is 11.8 Å². The van der Waals surface area contributed by atoms with Gasteiger partial charge in [-0.3, -0.25) is 14.3 Å². The molecule has 1 spiro atoms. The third-order valence-corrected chi connectivity index (χ3v) is 13.1. The second kappa shape index (κ2) is 13.2. The number of aryl methyl sites for hydroxylation is 1. The first-order valence-electron chi connectivity index (χ1n) is 17.9. The highest BCUT2D eigenvalue weighted by atomic mass is 35.5. The lowest BCUT2D eigenvalue weighted by Crippen LogP contribution is -2.49. The summed E-state index contributed by atoms with van der Waals surface area (Å²) < 4.78 is 44.3. The number of nitrogens with zero attached hydrogens (tertiary/aromatic N) is 4. The molecule has 0 unspecified atom stereocenters. The number of likely N-dealkylation sites (tertiary alicyclic amines) is 1. The van der Waals surface area contributed by atoms with Gasteiger partial charge in [-0.25, -0.2) is 13.1 Å². The minimum atomic E-state index is -4.21. The zero-order valence-corrected chi connectivity index (χ0v) is 30.0. The van der Waals surface area contributed by atoms with E-state index in [0.717, 1.165) is 44.9 Å². The second-order valence-electron chi connectivity index (χ2n) is 15.0. The zero-order valence-electron chi connectivity index (χ0n) is 28.4. The lowest BCUT2D eigenvalue weighted by Gasteiger charge is -2.44. The van der Waals surface area contributed by atoms with Gasteiger partial charge in [-0.05, 0) is 98.4 Å². The maximum atomic E-state index is 13.7. The Labute approximate surface area is 298 Å². The van der Waals surface area contributed by atoms with Crippen molar-refractivity contribution in [3.8, 4) is 5.75 Å². The number of benzene rings is 2. The first-order valence-corrected chi connectivity index (χ1v) is 19.7. The van der Waals surface area contributed by atoms with E-state index >= 15 is 0 Å². The van der Waals surface area contributed by atoms with Gasteiger partial charge < -0.3 is 19.3 Å². The SMILES string of the molecule is CC1CCN(C(=O)Cn2nc3cc2CO[C@@H]2CC[C@H]2CN2C[C@@]4(CCCc5cc(Cl)ccc54)COc4ccc(cc42)S(=O)(=O)NC(=O)C3)CC1. The zero-order chi connectivity index (χ0) is 34.6. The maximum absolute atomic E-state index is 13.7. The summed E-state index contributed by atoms with van der Waals surface area (Å²) in [4.78, 5) is 30.7. The van der Waals surface area contributed by atoms with Crippen molar-refractivity contribution >= 4 is 39.1 Å². The van der Waals surface area contributed by atoms with Crippen molar-refractivity contribution in [3.63, 3.8) is 0 Å². The Kier molecular flexibility index (Phi) is 8.84. The van der Waals surface area contributed by atoms with Gasteiger partial charge in [0.2, 0.25) is 11.8 Å². The van der Waals surface area contributed by atoms with Crippen LogP contribution in [0.2, 0.25) is 5.02 Å². The molecular formula is C37H44ClN5O6S. The van der Waals surface area contributed by atoms with Gasteiger partial charge in [0.25, 0.3) is 10.0 Å². The fourth-order valence-electron chi connectivity index (χ4n) is 8.45. The van der Waals surface area contributed by atoms with Crippen LogP contribution < -0.4 is 14.4 Å². The lowest BCUT2D eigenvalue weighted by molar-refractivity contribution is -0.133. The first-order chi connectivity index (χ1) is 24.0. The van der Waals surface area contributed by atoms with E-state index in [9.17, 15) is 18.0 Å². The Morgan fingerprint density at radius 2 is 1.94 bits per heavy atom. The van der Waals surface area contributed by atoms with Crippen molar-refractivity contribution in [3.05, 3.63) is 70.0 Å². The Balaban J connectivity index is 1.12. The van der Waals surface area contributed by atoms with Gasteiger partial charge in [0.15, 0.2) is 0 Å². The highest BCUT2D eigenvalue weighted by Gasteiger charge is 2.44. The van der Waals surface area contributed by atoms with Gasteiger partial charge >= 0.3 is 0 Å². The molecule has 1 N–H and O–H groups in total. The molecule has 2 aromatic carbocycles. The van der Waals surface area contributed by atoms with E-state index in [-0.39, 0.29) is 47.8 Å². The number of hydrogen-bond acceptors (Lipinski definition) is 8. The Morgan fingerprint density at radius 3 is 2.74 bits per heavy atom. The third kappa shape index (κ3) is 6.50. The van der Waals surface area contributed by atoms with Gasteiger partial charge in [0.05, 0.1) is 47.7 Å². The number of hydrogen-bond donors (Lipinski definition) is 1. The average Bonchev–Trinajstić information content (AvgIpc) is 3.36. The molecule has 4 heterocycles. The molecule has 2 amide bonds. The number of amides is 2. The molecular weight excluding hydrogens is 678 g/mol. The van der Waals surface area contributed by atoms with Crippen molar-refractivity contribution in [1.82, 2.24) is 19.4 Å². The minimum Gasteiger partial charge on any atom is -0.490 e. The molecule has 0 radical (unpaired) electrons. The summed E-state index contributed by atoms with van der Waals surface area (Å²) in [6, 6.07) is 12.7. The van der Waals surface area contributed by atoms with E-state index in [2.05, 4.69) is 33.8 Å². The van der Waals surface area contributed by atoms with E-state index in [1.165, 1.54) is 17.2 Å². The molecule has 13 heteroatoms. The molecule has 5 aliphatic rings. The molecule has 1 saturated heterocycles. The van der Waals surface area contributed by atoms with E-state index < -0.39 is 15.9 Å². The van der Waals surface area contributed by atoms with Gasteiger partial charge in [-0.15, -0.1) is 0 Å². The van der Waals surface area contributed by atoms with Crippen LogP contribution in [-0.4, -0.2) is 73.8 Å². The minimum absolute atomic E-state index is 0.00820. The van der Waals surface area contributed by atoms with E-state index in [0.29, 0.717) is 66.6 Å². The lowest BCUT2D eigenvalue weighted by atomic mass is 9.70. The van der Waals surface area contributed by atoms with Crippen molar-refractivity contribution in [2.75, 3.05) is 37.7 Å². The highest BCUT2D eigenvalue weighted by Crippen LogP contribution is 2.46. The van der Waals surface area contributed by atoms with E-state index in [1.54, 1.807) is 22.9 Å². The average molecular weight is 722 g/mol. The molecule has 266 valence electrons. The number of ether oxygens (including phenoxy) is 2. The number of halogens is 1. The monoisotopic (exact) mass is 721 g/mol. The molecule has 1 aromatic heterocycles. The summed E-state index contributed by atoms with van der Waals surface area (Å²) >= 11 is 6.42. The summed E-state index contributed by atoms with van der Waals surface area (Å²) in [5.41, 5.74) is 3.92. The van der Waals surface area contributed by atoms with E-state index in [4.69, 9.17) is 21.1 Å². The molecule has 4 bridgehead atoms. The molecule has 11 nitrogen and oxygen atoms in total. The number of aromatic nitrogens is 2.